The molecular formula is C11H21NO3. The molecule has 0 aromatic carbocycles. The van der Waals surface area contributed by atoms with Crippen LogP contribution < -0.4 is 5.32 Å². The first-order valence-electron chi connectivity index (χ1n) is 5.16. The fraction of sp³-hybridized carbons (Fsp3) is 0.818. The van der Waals surface area contributed by atoms with Gasteiger partial charge in [-0.05, 0) is 5.41 Å². The van der Waals surface area contributed by atoms with E-state index in [0.29, 0.717) is 0 Å². The lowest BCUT2D eigenvalue weighted by atomic mass is 9.81. The number of hydrogen-bond acceptors (Lipinski definition) is 2. The van der Waals surface area contributed by atoms with E-state index < -0.39 is 11.9 Å². The summed E-state index contributed by atoms with van der Waals surface area (Å²) in [6, 6.07) is 0. The average molecular weight is 215 g/mol. The second-order valence-corrected chi connectivity index (χ2v) is 5.07. The molecule has 0 spiro atoms. The zero-order valence-corrected chi connectivity index (χ0v) is 10.1. The molecule has 88 valence electrons. The maximum absolute atomic E-state index is 11.6. The average Bonchev–Trinajstić information content (AvgIpc) is 2.10. The van der Waals surface area contributed by atoms with E-state index in [1.54, 1.807) is 6.92 Å². The smallest absolute Gasteiger partial charge is 0.308 e. The molecule has 0 heterocycles. The summed E-state index contributed by atoms with van der Waals surface area (Å²) in [4.78, 5) is 22.1. The van der Waals surface area contributed by atoms with Gasteiger partial charge in [0.05, 0.1) is 5.92 Å². The van der Waals surface area contributed by atoms with Crippen LogP contribution >= 0.6 is 0 Å². The first-order valence-corrected chi connectivity index (χ1v) is 5.16. The van der Waals surface area contributed by atoms with Crippen molar-refractivity contribution in [3.8, 4) is 0 Å². The van der Waals surface area contributed by atoms with Gasteiger partial charge in [-0.25, -0.2) is 0 Å². The van der Waals surface area contributed by atoms with E-state index in [1.807, 2.05) is 27.7 Å². The molecule has 0 aliphatic carbocycles. The Hall–Kier alpha value is -1.06. The van der Waals surface area contributed by atoms with Gasteiger partial charge >= 0.3 is 5.97 Å². The summed E-state index contributed by atoms with van der Waals surface area (Å²) in [5.74, 6) is -1.64. The van der Waals surface area contributed by atoms with Gasteiger partial charge in [0.25, 0.3) is 0 Å². The van der Waals surface area contributed by atoms with Crippen molar-refractivity contribution in [2.24, 2.45) is 17.3 Å². The number of carbonyl (C=O) groups is 2. The van der Waals surface area contributed by atoms with Crippen molar-refractivity contribution in [2.45, 2.75) is 34.6 Å². The Labute approximate surface area is 91.1 Å². The standard InChI is InChI=1S/C11H21NO3/c1-7(10(14)15)6-12-9(13)8(2)11(3,4)5/h7-8H,6H2,1-5H3,(H,12,13)(H,14,15). The van der Waals surface area contributed by atoms with Gasteiger partial charge in [-0.15, -0.1) is 0 Å². The summed E-state index contributed by atoms with van der Waals surface area (Å²) in [7, 11) is 0. The molecular weight excluding hydrogens is 194 g/mol. The predicted octanol–water partition coefficient (Wildman–Crippen LogP) is 1.51. The van der Waals surface area contributed by atoms with Gasteiger partial charge in [0.2, 0.25) is 5.91 Å². The molecule has 2 unspecified atom stereocenters. The molecule has 0 bridgehead atoms. The van der Waals surface area contributed by atoms with E-state index in [4.69, 9.17) is 5.11 Å². The Morgan fingerprint density at radius 1 is 1.27 bits per heavy atom. The number of carbonyl (C=O) groups excluding carboxylic acids is 1. The normalized spacial score (nSPS) is 15.5. The van der Waals surface area contributed by atoms with E-state index >= 15 is 0 Å². The van der Waals surface area contributed by atoms with Crippen LogP contribution in [0.3, 0.4) is 0 Å². The van der Waals surface area contributed by atoms with Gasteiger partial charge in [-0.1, -0.05) is 34.6 Å². The monoisotopic (exact) mass is 215 g/mol. The first kappa shape index (κ1) is 13.9. The highest BCUT2D eigenvalue weighted by molar-refractivity contribution is 5.79. The van der Waals surface area contributed by atoms with Crippen molar-refractivity contribution in [3.05, 3.63) is 0 Å². The molecule has 2 atom stereocenters. The van der Waals surface area contributed by atoms with E-state index in [-0.39, 0.29) is 23.8 Å². The van der Waals surface area contributed by atoms with Gasteiger partial charge in [-0.3, -0.25) is 9.59 Å². The quantitative estimate of drug-likeness (QED) is 0.747. The molecule has 4 nitrogen and oxygen atoms in total. The molecule has 0 aromatic heterocycles. The minimum absolute atomic E-state index is 0.0874. The summed E-state index contributed by atoms with van der Waals surface area (Å²) < 4.78 is 0. The largest absolute Gasteiger partial charge is 0.481 e. The third kappa shape index (κ3) is 4.81. The Bertz CT molecular complexity index is 243. The molecule has 0 aromatic rings. The number of carboxylic acids is 1. The lowest BCUT2D eigenvalue weighted by Gasteiger charge is -2.26. The van der Waals surface area contributed by atoms with Crippen molar-refractivity contribution in [1.82, 2.24) is 5.32 Å². The minimum atomic E-state index is -0.890. The second kappa shape index (κ2) is 5.14. The topological polar surface area (TPSA) is 66.4 Å². The molecule has 0 fully saturated rings. The summed E-state index contributed by atoms with van der Waals surface area (Å²) in [5, 5.41) is 11.3. The lowest BCUT2D eigenvalue weighted by Crippen LogP contribution is -2.39. The number of amides is 1. The van der Waals surface area contributed by atoms with Crippen molar-refractivity contribution >= 4 is 11.9 Å². The van der Waals surface area contributed by atoms with Crippen LogP contribution in [0.25, 0.3) is 0 Å². The SMILES string of the molecule is CC(CNC(=O)C(C)C(C)(C)C)C(=O)O. The maximum Gasteiger partial charge on any atom is 0.308 e. The number of nitrogens with one attached hydrogen (secondary N) is 1. The highest BCUT2D eigenvalue weighted by Gasteiger charge is 2.27. The third-order valence-corrected chi connectivity index (χ3v) is 2.70. The van der Waals surface area contributed by atoms with E-state index in [1.165, 1.54) is 0 Å². The van der Waals surface area contributed by atoms with Crippen LogP contribution in [0.5, 0.6) is 0 Å². The summed E-state index contributed by atoms with van der Waals surface area (Å²) >= 11 is 0. The molecule has 0 radical (unpaired) electrons. The minimum Gasteiger partial charge on any atom is -0.481 e. The van der Waals surface area contributed by atoms with E-state index in [0.717, 1.165) is 0 Å². The Morgan fingerprint density at radius 3 is 2.07 bits per heavy atom. The molecule has 4 heteroatoms. The van der Waals surface area contributed by atoms with Gasteiger partial charge in [0.1, 0.15) is 0 Å². The number of hydrogen-bond donors (Lipinski definition) is 2. The van der Waals surface area contributed by atoms with Crippen LogP contribution in [0.1, 0.15) is 34.6 Å². The van der Waals surface area contributed by atoms with E-state index in [2.05, 4.69) is 5.32 Å². The highest BCUT2D eigenvalue weighted by Crippen LogP contribution is 2.25. The van der Waals surface area contributed by atoms with Crippen molar-refractivity contribution in [1.29, 1.82) is 0 Å². The lowest BCUT2D eigenvalue weighted by molar-refractivity contribution is -0.141. The summed E-state index contributed by atoms with van der Waals surface area (Å²) in [5.41, 5.74) is -0.101. The third-order valence-electron chi connectivity index (χ3n) is 2.70. The van der Waals surface area contributed by atoms with E-state index in [9.17, 15) is 9.59 Å². The molecule has 15 heavy (non-hydrogen) atoms. The first-order chi connectivity index (χ1) is 6.66. The van der Waals surface area contributed by atoms with Crippen LogP contribution in [0.15, 0.2) is 0 Å². The fourth-order valence-corrected chi connectivity index (χ4v) is 0.887. The van der Waals surface area contributed by atoms with Crippen LogP contribution in [0.2, 0.25) is 0 Å². The molecule has 0 aliphatic heterocycles. The Kier molecular flexibility index (Phi) is 4.78. The molecule has 0 rings (SSSR count). The van der Waals surface area contributed by atoms with Crippen molar-refractivity contribution in [3.63, 3.8) is 0 Å². The van der Waals surface area contributed by atoms with Gasteiger partial charge in [-0.2, -0.15) is 0 Å². The van der Waals surface area contributed by atoms with Crippen LogP contribution in [-0.2, 0) is 9.59 Å². The molecule has 1 amide bonds. The molecule has 0 aliphatic rings. The van der Waals surface area contributed by atoms with Crippen LogP contribution in [0.4, 0.5) is 0 Å². The van der Waals surface area contributed by atoms with Crippen molar-refractivity contribution in [2.75, 3.05) is 6.54 Å². The van der Waals surface area contributed by atoms with Crippen molar-refractivity contribution < 1.29 is 14.7 Å². The van der Waals surface area contributed by atoms with Gasteiger partial charge < -0.3 is 10.4 Å². The Morgan fingerprint density at radius 2 is 1.73 bits per heavy atom. The predicted molar refractivity (Wildman–Crippen MR) is 58.4 cm³/mol. The second-order valence-electron chi connectivity index (χ2n) is 5.07. The summed E-state index contributed by atoms with van der Waals surface area (Å²) in [6.07, 6.45) is 0. The number of aliphatic carboxylic acids is 1. The molecule has 0 saturated heterocycles. The summed E-state index contributed by atoms with van der Waals surface area (Å²) in [6.45, 7) is 9.56. The van der Waals surface area contributed by atoms with Gasteiger partial charge in [0.15, 0.2) is 0 Å². The zero-order valence-electron chi connectivity index (χ0n) is 10.1. The van der Waals surface area contributed by atoms with Gasteiger partial charge in [0, 0.05) is 12.5 Å². The Balaban J connectivity index is 4.11. The number of carboxylic acid groups (broad SMARTS) is 1. The molecule has 2 N–H and O–H groups in total. The molecule has 0 saturated carbocycles. The maximum atomic E-state index is 11.6. The zero-order chi connectivity index (χ0) is 12.2. The van der Waals surface area contributed by atoms with Crippen LogP contribution in [0, 0.1) is 17.3 Å². The van der Waals surface area contributed by atoms with Crippen LogP contribution in [-0.4, -0.2) is 23.5 Å². The fourth-order valence-electron chi connectivity index (χ4n) is 0.887. The number of rotatable bonds is 4. The highest BCUT2D eigenvalue weighted by atomic mass is 16.4.